The van der Waals surface area contributed by atoms with Gasteiger partial charge in [0.05, 0.1) is 11.4 Å². The lowest BCUT2D eigenvalue weighted by atomic mass is 10.2. The van der Waals surface area contributed by atoms with E-state index in [1.54, 1.807) is 6.20 Å². The number of anilines is 1. The van der Waals surface area contributed by atoms with Crippen LogP contribution in [-0.2, 0) is 6.54 Å². The van der Waals surface area contributed by atoms with Crippen LogP contribution in [0.1, 0.15) is 23.9 Å². The maximum atomic E-state index is 4.50. The van der Waals surface area contributed by atoms with Crippen LogP contribution < -0.4 is 5.32 Å². The van der Waals surface area contributed by atoms with Crippen LogP contribution in [0.15, 0.2) is 36.5 Å². The average molecular weight is 284 g/mol. The molecule has 0 aliphatic carbocycles. The molecule has 0 bridgehead atoms. The highest BCUT2D eigenvalue weighted by atomic mass is 15.2. The topological polar surface area (TPSA) is 41.1 Å². The van der Waals surface area contributed by atoms with Crippen LogP contribution in [0.4, 0.5) is 5.82 Å². The summed E-state index contributed by atoms with van der Waals surface area (Å²) in [5, 5.41) is 3.40. The number of nitrogens with zero attached hydrogens (tertiary/aromatic N) is 3. The molecule has 0 saturated carbocycles. The van der Waals surface area contributed by atoms with Crippen molar-refractivity contribution >= 4 is 5.82 Å². The van der Waals surface area contributed by atoms with E-state index < -0.39 is 0 Å². The zero-order valence-electron chi connectivity index (χ0n) is 13.3. The lowest BCUT2D eigenvalue weighted by molar-refractivity contribution is 0.259. The Labute approximate surface area is 127 Å². The van der Waals surface area contributed by atoms with Gasteiger partial charge in [-0.2, -0.15) is 0 Å². The molecule has 0 aliphatic rings. The van der Waals surface area contributed by atoms with E-state index in [9.17, 15) is 0 Å². The monoisotopic (exact) mass is 284 g/mol. The van der Waals surface area contributed by atoms with Crippen molar-refractivity contribution in [2.75, 3.05) is 18.9 Å². The summed E-state index contributed by atoms with van der Waals surface area (Å²) in [6.07, 6.45) is 1.80. The summed E-state index contributed by atoms with van der Waals surface area (Å²) in [6, 6.07) is 10.9. The van der Waals surface area contributed by atoms with Gasteiger partial charge in [-0.25, -0.2) is 4.98 Å². The van der Waals surface area contributed by atoms with Gasteiger partial charge in [-0.1, -0.05) is 30.3 Å². The maximum Gasteiger partial charge on any atom is 0.147 e. The van der Waals surface area contributed by atoms with E-state index in [-0.39, 0.29) is 0 Å². The minimum atomic E-state index is 0.409. The molecule has 0 fully saturated rings. The SMILES string of the molecule is Cc1cnc(C)c(NCC(C)N(C)Cc2ccccc2)n1. The Morgan fingerprint density at radius 1 is 1.19 bits per heavy atom. The first-order valence-electron chi connectivity index (χ1n) is 7.34. The average Bonchev–Trinajstić information content (AvgIpc) is 2.49. The molecule has 0 spiro atoms. The molecule has 2 aromatic rings. The van der Waals surface area contributed by atoms with Gasteiger partial charge in [-0.15, -0.1) is 0 Å². The number of aryl methyl sites for hydroxylation is 2. The molecule has 1 atom stereocenters. The molecule has 4 nitrogen and oxygen atoms in total. The predicted molar refractivity (Wildman–Crippen MR) is 87.4 cm³/mol. The van der Waals surface area contributed by atoms with Crippen LogP contribution in [0, 0.1) is 13.8 Å². The largest absolute Gasteiger partial charge is 0.367 e. The van der Waals surface area contributed by atoms with Gasteiger partial charge in [0.2, 0.25) is 0 Å². The van der Waals surface area contributed by atoms with Crippen molar-refractivity contribution < 1.29 is 0 Å². The number of rotatable bonds is 6. The fourth-order valence-corrected chi connectivity index (χ4v) is 2.13. The van der Waals surface area contributed by atoms with E-state index in [1.165, 1.54) is 5.56 Å². The number of aromatic nitrogens is 2. The molecule has 112 valence electrons. The van der Waals surface area contributed by atoms with Crippen molar-refractivity contribution in [1.82, 2.24) is 14.9 Å². The van der Waals surface area contributed by atoms with Gasteiger partial charge in [0.1, 0.15) is 5.82 Å². The highest BCUT2D eigenvalue weighted by Gasteiger charge is 2.10. The Morgan fingerprint density at radius 3 is 2.62 bits per heavy atom. The third kappa shape index (κ3) is 4.53. The smallest absolute Gasteiger partial charge is 0.147 e. The van der Waals surface area contributed by atoms with Gasteiger partial charge in [-0.3, -0.25) is 9.88 Å². The molecule has 0 saturated heterocycles. The number of nitrogens with one attached hydrogen (secondary N) is 1. The molecule has 2 rings (SSSR count). The second-order valence-electron chi connectivity index (χ2n) is 5.58. The molecule has 0 amide bonds. The van der Waals surface area contributed by atoms with Gasteiger partial charge >= 0.3 is 0 Å². The minimum absolute atomic E-state index is 0.409. The van der Waals surface area contributed by atoms with Crippen LogP contribution >= 0.6 is 0 Å². The second-order valence-corrected chi connectivity index (χ2v) is 5.58. The third-order valence-corrected chi connectivity index (χ3v) is 3.67. The summed E-state index contributed by atoms with van der Waals surface area (Å²) in [5.41, 5.74) is 3.21. The molecule has 1 aromatic carbocycles. The molecule has 1 N–H and O–H groups in total. The van der Waals surface area contributed by atoms with Crippen LogP contribution in [-0.4, -0.2) is 34.5 Å². The molecular formula is C17H24N4. The molecular weight excluding hydrogens is 260 g/mol. The standard InChI is InChI=1S/C17H24N4/c1-13-10-18-15(3)17(20-13)19-11-14(2)21(4)12-16-8-6-5-7-9-16/h5-10,14H,11-12H2,1-4H3,(H,19,20). The van der Waals surface area contributed by atoms with Gasteiger partial charge < -0.3 is 5.32 Å². The van der Waals surface area contributed by atoms with E-state index in [0.29, 0.717) is 6.04 Å². The van der Waals surface area contributed by atoms with Crippen LogP contribution in [0.5, 0.6) is 0 Å². The zero-order chi connectivity index (χ0) is 15.2. The molecule has 0 aliphatic heterocycles. The number of benzene rings is 1. The summed E-state index contributed by atoms with van der Waals surface area (Å²) >= 11 is 0. The Bertz CT molecular complexity index is 568. The second kappa shape index (κ2) is 7.18. The first kappa shape index (κ1) is 15.4. The minimum Gasteiger partial charge on any atom is -0.367 e. The van der Waals surface area contributed by atoms with E-state index in [0.717, 1.165) is 30.3 Å². The van der Waals surface area contributed by atoms with Crippen molar-refractivity contribution in [3.8, 4) is 0 Å². The molecule has 1 aromatic heterocycles. The van der Waals surface area contributed by atoms with Crippen LogP contribution in [0.25, 0.3) is 0 Å². The van der Waals surface area contributed by atoms with E-state index >= 15 is 0 Å². The first-order valence-corrected chi connectivity index (χ1v) is 7.34. The molecule has 0 radical (unpaired) electrons. The molecule has 1 heterocycles. The number of hydrogen-bond acceptors (Lipinski definition) is 4. The van der Waals surface area contributed by atoms with Crippen molar-refractivity contribution in [2.24, 2.45) is 0 Å². The van der Waals surface area contributed by atoms with Gasteiger partial charge in [-0.05, 0) is 33.4 Å². The van der Waals surface area contributed by atoms with Crippen molar-refractivity contribution in [3.63, 3.8) is 0 Å². The van der Waals surface area contributed by atoms with Gasteiger partial charge in [0.15, 0.2) is 0 Å². The zero-order valence-corrected chi connectivity index (χ0v) is 13.3. The fourth-order valence-electron chi connectivity index (χ4n) is 2.13. The van der Waals surface area contributed by atoms with Crippen LogP contribution in [0.2, 0.25) is 0 Å². The molecule has 4 heteroatoms. The highest BCUT2D eigenvalue weighted by Crippen LogP contribution is 2.10. The summed E-state index contributed by atoms with van der Waals surface area (Å²) in [5.74, 6) is 0.884. The Hall–Kier alpha value is -1.94. The summed E-state index contributed by atoms with van der Waals surface area (Å²) in [4.78, 5) is 11.2. The van der Waals surface area contributed by atoms with Gasteiger partial charge in [0.25, 0.3) is 0 Å². The van der Waals surface area contributed by atoms with Crippen molar-refractivity contribution in [1.29, 1.82) is 0 Å². The molecule has 1 unspecified atom stereocenters. The quantitative estimate of drug-likeness (QED) is 0.885. The normalized spacial score (nSPS) is 12.4. The highest BCUT2D eigenvalue weighted by molar-refractivity contribution is 5.39. The first-order chi connectivity index (χ1) is 10.1. The maximum absolute atomic E-state index is 4.50. The molecule has 21 heavy (non-hydrogen) atoms. The van der Waals surface area contributed by atoms with Crippen molar-refractivity contribution in [2.45, 2.75) is 33.4 Å². The van der Waals surface area contributed by atoms with E-state index in [1.807, 2.05) is 19.9 Å². The summed E-state index contributed by atoms with van der Waals surface area (Å²) in [6.45, 7) is 7.95. The van der Waals surface area contributed by atoms with Crippen LogP contribution in [0.3, 0.4) is 0 Å². The summed E-state index contributed by atoms with van der Waals surface area (Å²) < 4.78 is 0. The fraction of sp³-hybridized carbons (Fsp3) is 0.412. The Morgan fingerprint density at radius 2 is 1.90 bits per heavy atom. The van der Waals surface area contributed by atoms with Gasteiger partial charge in [0, 0.05) is 25.3 Å². The van der Waals surface area contributed by atoms with E-state index in [2.05, 4.69) is 58.4 Å². The number of hydrogen-bond donors (Lipinski definition) is 1. The third-order valence-electron chi connectivity index (χ3n) is 3.67. The Kier molecular flexibility index (Phi) is 5.28. The summed E-state index contributed by atoms with van der Waals surface area (Å²) in [7, 11) is 2.15. The predicted octanol–water partition coefficient (Wildman–Crippen LogP) is 3.03. The lowest BCUT2D eigenvalue weighted by Crippen LogP contribution is -2.34. The van der Waals surface area contributed by atoms with E-state index in [4.69, 9.17) is 0 Å². The Balaban J connectivity index is 1.89. The van der Waals surface area contributed by atoms with Crippen molar-refractivity contribution in [3.05, 3.63) is 53.5 Å². The number of likely N-dealkylation sites (N-methyl/N-ethyl adjacent to an activating group) is 1. The lowest BCUT2D eigenvalue weighted by Gasteiger charge is -2.25.